The SMILES string of the molecule is CCNC(c1cc(C)cc(F)c1)c1occc1C. The van der Waals surface area contributed by atoms with Gasteiger partial charge < -0.3 is 9.73 Å². The smallest absolute Gasteiger partial charge is 0.128 e. The zero-order valence-electron chi connectivity index (χ0n) is 11.0. The number of benzene rings is 1. The predicted octanol–water partition coefficient (Wildman–Crippen LogP) is 3.73. The van der Waals surface area contributed by atoms with Crippen molar-refractivity contribution in [3.05, 3.63) is 58.8 Å². The zero-order valence-corrected chi connectivity index (χ0v) is 11.0. The van der Waals surface area contributed by atoms with Gasteiger partial charge in [0.15, 0.2) is 0 Å². The van der Waals surface area contributed by atoms with Crippen molar-refractivity contribution in [2.45, 2.75) is 26.8 Å². The topological polar surface area (TPSA) is 25.2 Å². The van der Waals surface area contributed by atoms with Crippen LogP contribution in [-0.2, 0) is 0 Å². The third-order valence-corrected chi connectivity index (χ3v) is 2.97. The molecule has 1 heterocycles. The highest BCUT2D eigenvalue weighted by atomic mass is 19.1. The van der Waals surface area contributed by atoms with E-state index in [1.165, 1.54) is 6.07 Å². The van der Waals surface area contributed by atoms with Gasteiger partial charge in [0, 0.05) is 0 Å². The summed E-state index contributed by atoms with van der Waals surface area (Å²) in [6.07, 6.45) is 1.67. The molecule has 0 bridgehead atoms. The first-order valence-corrected chi connectivity index (χ1v) is 6.16. The van der Waals surface area contributed by atoms with Gasteiger partial charge in [0.05, 0.1) is 12.3 Å². The summed E-state index contributed by atoms with van der Waals surface area (Å²) < 4.78 is 19.0. The Balaban J connectivity index is 2.44. The molecule has 96 valence electrons. The number of hydrogen-bond acceptors (Lipinski definition) is 2. The average Bonchev–Trinajstić information content (AvgIpc) is 2.71. The highest BCUT2D eigenvalue weighted by molar-refractivity contribution is 5.33. The summed E-state index contributed by atoms with van der Waals surface area (Å²) in [5.41, 5.74) is 2.88. The first-order valence-electron chi connectivity index (χ1n) is 6.16. The van der Waals surface area contributed by atoms with Gasteiger partial charge in [0.25, 0.3) is 0 Å². The Labute approximate surface area is 107 Å². The summed E-state index contributed by atoms with van der Waals surface area (Å²) in [6.45, 7) is 6.71. The maximum Gasteiger partial charge on any atom is 0.128 e. The van der Waals surface area contributed by atoms with Crippen LogP contribution in [0.5, 0.6) is 0 Å². The Morgan fingerprint density at radius 2 is 2.06 bits per heavy atom. The van der Waals surface area contributed by atoms with Gasteiger partial charge in [-0.1, -0.05) is 13.0 Å². The van der Waals surface area contributed by atoms with Gasteiger partial charge in [0.1, 0.15) is 11.6 Å². The van der Waals surface area contributed by atoms with Gasteiger partial charge in [-0.15, -0.1) is 0 Å². The van der Waals surface area contributed by atoms with Crippen LogP contribution in [0.1, 0.15) is 35.4 Å². The minimum atomic E-state index is -0.211. The molecule has 0 spiro atoms. The molecule has 0 aliphatic rings. The highest BCUT2D eigenvalue weighted by Crippen LogP contribution is 2.26. The number of rotatable bonds is 4. The normalized spacial score (nSPS) is 12.7. The van der Waals surface area contributed by atoms with E-state index in [2.05, 4.69) is 5.32 Å². The number of furan rings is 1. The van der Waals surface area contributed by atoms with Crippen molar-refractivity contribution < 1.29 is 8.81 Å². The molecule has 1 unspecified atom stereocenters. The molecule has 2 rings (SSSR count). The summed E-state index contributed by atoms with van der Waals surface area (Å²) >= 11 is 0. The van der Waals surface area contributed by atoms with Crippen molar-refractivity contribution in [2.24, 2.45) is 0 Å². The fraction of sp³-hybridized carbons (Fsp3) is 0.333. The Morgan fingerprint density at radius 3 is 2.61 bits per heavy atom. The van der Waals surface area contributed by atoms with Crippen molar-refractivity contribution >= 4 is 0 Å². The maximum absolute atomic E-state index is 13.5. The van der Waals surface area contributed by atoms with Crippen molar-refractivity contribution in [3.8, 4) is 0 Å². The molecule has 3 heteroatoms. The lowest BCUT2D eigenvalue weighted by Crippen LogP contribution is -2.22. The van der Waals surface area contributed by atoms with Crippen LogP contribution < -0.4 is 5.32 Å². The third-order valence-electron chi connectivity index (χ3n) is 2.97. The number of aryl methyl sites for hydroxylation is 2. The maximum atomic E-state index is 13.5. The predicted molar refractivity (Wildman–Crippen MR) is 70.1 cm³/mol. The molecule has 0 amide bonds. The first kappa shape index (κ1) is 12.8. The molecule has 1 N–H and O–H groups in total. The zero-order chi connectivity index (χ0) is 13.1. The molecule has 1 atom stereocenters. The van der Waals surface area contributed by atoms with E-state index >= 15 is 0 Å². The van der Waals surface area contributed by atoms with Crippen LogP contribution in [0.25, 0.3) is 0 Å². The largest absolute Gasteiger partial charge is 0.467 e. The summed E-state index contributed by atoms with van der Waals surface area (Å²) in [7, 11) is 0. The van der Waals surface area contributed by atoms with Crippen LogP contribution in [0.15, 0.2) is 34.9 Å². The summed E-state index contributed by atoms with van der Waals surface area (Å²) in [6, 6.07) is 6.90. The van der Waals surface area contributed by atoms with Crippen LogP contribution in [-0.4, -0.2) is 6.54 Å². The highest BCUT2D eigenvalue weighted by Gasteiger charge is 2.19. The molecule has 0 aliphatic carbocycles. The quantitative estimate of drug-likeness (QED) is 0.890. The standard InChI is InChI=1S/C15H18FNO/c1-4-17-14(15-11(3)5-6-18-15)12-7-10(2)8-13(16)9-12/h5-9,14,17H,4H2,1-3H3. The average molecular weight is 247 g/mol. The lowest BCUT2D eigenvalue weighted by atomic mass is 10.00. The van der Waals surface area contributed by atoms with Gasteiger partial charge in [-0.2, -0.15) is 0 Å². The molecule has 0 aliphatic heterocycles. The molecule has 1 aromatic heterocycles. The van der Waals surface area contributed by atoms with E-state index < -0.39 is 0 Å². The van der Waals surface area contributed by atoms with E-state index in [9.17, 15) is 4.39 Å². The second-order valence-electron chi connectivity index (χ2n) is 4.52. The minimum absolute atomic E-state index is 0.0978. The second kappa shape index (κ2) is 5.36. The van der Waals surface area contributed by atoms with Gasteiger partial charge in [-0.25, -0.2) is 4.39 Å². The van der Waals surface area contributed by atoms with Crippen molar-refractivity contribution in [2.75, 3.05) is 6.54 Å². The van der Waals surface area contributed by atoms with E-state index in [1.54, 1.807) is 12.3 Å². The number of halogens is 1. The van der Waals surface area contributed by atoms with Crippen molar-refractivity contribution in [1.29, 1.82) is 0 Å². The minimum Gasteiger partial charge on any atom is -0.467 e. The molecule has 0 saturated heterocycles. The number of nitrogens with one attached hydrogen (secondary N) is 1. The van der Waals surface area contributed by atoms with Crippen molar-refractivity contribution in [1.82, 2.24) is 5.32 Å². The summed E-state index contributed by atoms with van der Waals surface area (Å²) in [5.74, 6) is 0.638. The van der Waals surface area contributed by atoms with Crippen LogP contribution in [0.3, 0.4) is 0 Å². The molecule has 0 radical (unpaired) electrons. The van der Waals surface area contributed by atoms with Crippen LogP contribution in [0, 0.1) is 19.7 Å². The van der Waals surface area contributed by atoms with E-state index in [0.717, 1.165) is 29.0 Å². The summed E-state index contributed by atoms with van der Waals surface area (Å²) in [4.78, 5) is 0. The molecule has 2 aromatic rings. The molecule has 0 saturated carbocycles. The fourth-order valence-electron chi connectivity index (χ4n) is 2.18. The lowest BCUT2D eigenvalue weighted by Gasteiger charge is -2.17. The van der Waals surface area contributed by atoms with E-state index in [-0.39, 0.29) is 11.9 Å². The van der Waals surface area contributed by atoms with Gasteiger partial charge in [-0.05, 0) is 55.3 Å². The van der Waals surface area contributed by atoms with Crippen LogP contribution >= 0.6 is 0 Å². The van der Waals surface area contributed by atoms with Gasteiger partial charge in [0.2, 0.25) is 0 Å². The van der Waals surface area contributed by atoms with E-state index in [1.807, 2.05) is 32.9 Å². The molecule has 0 fully saturated rings. The van der Waals surface area contributed by atoms with E-state index in [4.69, 9.17) is 4.42 Å². The Morgan fingerprint density at radius 1 is 1.28 bits per heavy atom. The molecule has 1 aromatic carbocycles. The Hall–Kier alpha value is -1.61. The fourth-order valence-corrected chi connectivity index (χ4v) is 2.18. The second-order valence-corrected chi connectivity index (χ2v) is 4.52. The first-order chi connectivity index (χ1) is 8.61. The molecule has 2 nitrogen and oxygen atoms in total. The molecule has 18 heavy (non-hydrogen) atoms. The number of hydrogen-bond donors (Lipinski definition) is 1. The van der Waals surface area contributed by atoms with Crippen molar-refractivity contribution in [3.63, 3.8) is 0 Å². The lowest BCUT2D eigenvalue weighted by molar-refractivity contribution is 0.448. The van der Waals surface area contributed by atoms with Gasteiger partial charge >= 0.3 is 0 Å². The molecular formula is C15H18FNO. The van der Waals surface area contributed by atoms with Gasteiger partial charge in [-0.3, -0.25) is 0 Å². The Kier molecular flexibility index (Phi) is 3.82. The van der Waals surface area contributed by atoms with Crippen LogP contribution in [0.4, 0.5) is 4.39 Å². The summed E-state index contributed by atoms with van der Waals surface area (Å²) in [5, 5.41) is 3.34. The Bertz CT molecular complexity index is 513. The molecular weight excluding hydrogens is 229 g/mol. The van der Waals surface area contributed by atoms with Crippen LogP contribution in [0.2, 0.25) is 0 Å². The van der Waals surface area contributed by atoms with E-state index in [0.29, 0.717) is 0 Å². The monoisotopic (exact) mass is 247 g/mol. The third kappa shape index (κ3) is 2.62.